The van der Waals surface area contributed by atoms with Gasteiger partial charge in [-0.25, -0.2) is 0 Å². The van der Waals surface area contributed by atoms with Gasteiger partial charge in [-0.3, -0.25) is 10.1 Å². The fourth-order valence-electron chi connectivity index (χ4n) is 1.45. The Morgan fingerprint density at radius 1 is 1.44 bits per heavy atom. The first-order valence-corrected chi connectivity index (χ1v) is 5.01. The fourth-order valence-corrected chi connectivity index (χ4v) is 1.45. The van der Waals surface area contributed by atoms with Gasteiger partial charge in [-0.05, 0) is 6.07 Å². The first-order chi connectivity index (χ1) is 8.35. The number of para-hydroxylation sites is 1. The molecule has 0 aliphatic heterocycles. The van der Waals surface area contributed by atoms with E-state index in [-0.39, 0.29) is 11.3 Å². The minimum atomic E-state index is -4.48. The molecule has 100 valence electrons. The molecule has 0 aliphatic carbocycles. The Bertz CT molecular complexity index is 420. The zero-order valence-corrected chi connectivity index (χ0v) is 9.49. The van der Waals surface area contributed by atoms with Crippen LogP contribution in [0.2, 0.25) is 0 Å². The zero-order chi connectivity index (χ0) is 13.8. The minimum Gasteiger partial charge on any atom is -0.496 e. The van der Waals surface area contributed by atoms with Crippen molar-refractivity contribution in [1.29, 1.82) is 0 Å². The molecule has 1 rings (SSSR count). The van der Waals surface area contributed by atoms with Crippen LogP contribution in [-0.4, -0.2) is 30.9 Å². The standard InChI is InChI=1S/C11H12F3NO3/c1-18-8-5-3-2-4-7(8)9(10(16)17)15-6-11(12,13)14/h2-5,9,15H,6H2,1H3,(H,16,17). The third-order valence-corrected chi connectivity index (χ3v) is 2.20. The maximum atomic E-state index is 12.1. The number of nitrogens with one attached hydrogen (secondary N) is 1. The summed E-state index contributed by atoms with van der Waals surface area (Å²) < 4.78 is 41.2. The summed E-state index contributed by atoms with van der Waals surface area (Å²) in [6.07, 6.45) is -4.48. The number of hydrogen-bond acceptors (Lipinski definition) is 3. The molecule has 1 unspecified atom stereocenters. The van der Waals surface area contributed by atoms with Crippen molar-refractivity contribution in [1.82, 2.24) is 5.32 Å². The summed E-state index contributed by atoms with van der Waals surface area (Å²) in [7, 11) is 1.32. The third kappa shape index (κ3) is 3.92. The summed E-state index contributed by atoms with van der Waals surface area (Å²) in [5.74, 6) is -1.18. The van der Waals surface area contributed by atoms with Crippen molar-refractivity contribution in [2.24, 2.45) is 0 Å². The van der Waals surface area contributed by atoms with E-state index >= 15 is 0 Å². The van der Waals surface area contributed by atoms with Crippen LogP contribution in [0.25, 0.3) is 0 Å². The Morgan fingerprint density at radius 2 is 2.06 bits per heavy atom. The van der Waals surface area contributed by atoms with Gasteiger partial charge in [0, 0.05) is 5.56 Å². The summed E-state index contributed by atoms with van der Waals surface area (Å²) in [5.41, 5.74) is 0.150. The summed E-state index contributed by atoms with van der Waals surface area (Å²) in [5, 5.41) is 10.9. The average molecular weight is 263 g/mol. The average Bonchev–Trinajstić information content (AvgIpc) is 2.28. The number of aliphatic carboxylic acids is 1. The van der Waals surface area contributed by atoms with E-state index in [9.17, 15) is 18.0 Å². The van der Waals surface area contributed by atoms with Crippen LogP contribution in [0.4, 0.5) is 13.2 Å². The van der Waals surface area contributed by atoms with E-state index in [0.29, 0.717) is 0 Å². The van der Waals surface area contributed by atoms with E-state index in [2.05, 4.69) is 0 Å². The highest BCUT2D eigenvalue weighted by molar-refractivity contribution is 5.76. The molecular formula is C11H12F3NO3. The molecule has 0 saturated carbocycles. The molecule has 7 heteroatoms. The van der Waals surface area contributed by atoms with Crippen LogP contribution in [0.3, 0.4) is 0 Å². The first kappa shape index (κ1) is 14.3. The first-order valence-electron chi connectivity index (χ1n) is 5.01. The molecule has 0 bridgehead atoms. The van der Waals surface area contributed by atoms with Gasteiger partial charge in [-0.1, -0.05) is 18.2 Å². The van der Waals surface area contributed by atoms with Gasteiger partial charge in [-0.2, -0.15) is 13.2 Å². The highest BCUT2D eigenvalue weighted by Gasteiger charge is 2.31. The van der Waals surface area contributed by atoms with Crippen LogP contribution in [0.15, 0.2) is 24.3 Å². The Labute approximate surface area is 101 Å². The van der Waals surface area contributed by atoms with Crippen molar-refractivity contribution >= 4 is 5.97 Å². The predicted molar refractivity (Wildman–Crippen MR) is 57.4 cm³/mol. The number of carboxylic acids is 1. The summed E-state index contributed by atoms with van der Waals surface area (Å²) in [6, 6.07) is 4.55. The molecule has 0 fully saturated rings. The maximum absolute atomic E-state index is 12.1. The van der Waals surface area contributed by atoms with E-state index in [1.807, 2.05) is 5.32 Å². The van der Waals surface area contributed by atoms with Gasteiger partial charge >= 0.3 is 12.1 Å². The number of carboxylic acid groups (broad SMARTS) is 1. The van der Waals surface area contributed by atoms with Crippen LogP contribution in [0, 0.1) is 0 Å². The normalized spacial score (nSPS) is 13.1. The van der Waals surface area contributed by atoms with E-state index in [1.54, 1.807) is 6.07 Å². The SMILES string of the molecule is COc1ccccc1C(NCC(F)(F)F)C(=O)O. The van der Waals surface area contributed by atoms with Gasteiger partial charge in [0.2, 0.25) is 0 Å². The van der Waals surface area contributed by atoms with Crippen LogP contribution >= 0.6 is 0 Å². The number of carbonyl (C=O) groups is 1. The summed E-state index contributed by atoms with van der Waals surface area (Å²) >= 11 is 0. The maximum Gasteiger partial charge on any atom is 0.401 e. The number of rotatable bonds is 5. The molecule has 0 radical (unpaired) electrons. The topological polar surface area (TPSA) is 58.6 Å². The van der Waals surface area contributed by atoms with Gasteiger partial charge in [0.1, 0.15) is 11.8 Å². The number of methoxy groups -OCH3 is 1. The van der Waals surface area contributed by atoms with Crippen LogP contribution < -0.4 is 10.1 Å². The number of hydrogen-bond donors (Lipinski definition) is 2. The molecule has 0 aliphatic rings. The van der Waals surface area contributed by atoms with E-state index in [0.717, 1.165) is 0 Å². The smallest absolute Gasteiger partial charge is 0.401 e. The second-order valence-electron chi connectivity index (χ2n) is 3.51. The number of halogens is 3. The number of benzene rings is 1. The third-order valence-electron chi connectivity index (χ3n) is 2.20. The van der Waals surface area contributed by atoms with Crippen molar-refractivity contribution in [3.63, 3.8) is 0 Å². The van der Waals surface area contributed by atoms with Crippen molar-refractivity contribution in [2.75, 3.05) is 13.7 Å². The fraction of sp³-hybridized carbons (Fsp3) is 0.364. The second kappa shape index (κ2) is 5.72. The largest absolute Gasteiger partial charge is 0.496 e. The van der Waals surface area contributed by atoms with E-state index in [4.69, 9.17) is 9.84 Å². The molecule has 18 heavy (non-hydrogen) atoms. The number of ether oxygens (including phenoxy) is 1. The van der Waals surface area contributed by atoms with E-state index < -0.39 is 24.7 Å². The molecule has 0 aromatic heterocycles. The van der Waals surface area contributed by atoms with Gasteiger partial charge in [0.05, 0.1) is 13.7 Å². The van der Waals surface area contributed by atoms with Gasteiger partial charge in [-0.15, -0.1) is 0 Å². The Balaban J connectivity index is 2.94. The molecule has 4 nitrogen and oxygen atoms in total. The highest BCUT2D eigenvalue weighted by atomic mass is 19.4. The molecule has 1 aromatic carbocycles. The van der Waals surface area contributed by atoms with Crippen molar-refractivity contribution in [2.45, 2.75) is 12.2 Å². The Hall–Kier alpha value is -1.76. The molecule has 0 amide bonds. The van der Waals surface area contributed by atoms with Crippen molar-refractivity contribution in [3.8, 4) is 5.75 Å². The van der Waals surface area contributed by atoms with Crippen LogP contribution in [0.5, 0.6) is 5.75 Å². The Kier molecular flexibility index (Phi) is 4.55. The van der Waals surface area contributed by atoms with Gasteiger partial charge < -0.3 is 9.84 Å². The predicted octanol–water partition coefficient (Wildman–Crippen LogP) is 1.97. The summed E-state index contributed by atoms with van der Waals surface area (Å²) in [4.78, 5) is 11.0. The lowest BCUT2D eigenvalue weighted by molar-refractivity contribution is -0.143. The molecule has 0 heterocycles. The van der Waals surface area contributed by atoms with Crippen LogP contribution in [0.1, 0.15) is 11.6 Å². The lowest BCUT2D eigenvalue weighted by Gasteiger charge is -2.18. The second-order valence-corrected chi connectivity index (χ2v) is 3.51. The number of alkyl halides is 3. The molecule has 0 spiro atoms. The van der Waals surface area contributed by atoms with Gasteiger partial charge in [0.25, 0.3) is 0 Å². The summed E-state index contributed by atoms with van der Waals surface area (Å²) in [6.45, 7) is -1.39. The molecule has 1 atom stereocenters. The highest BCUT2D eigenvalue weighted by Crippen LogP contribution is 2.26. The molecule has 2 N–H and O–H groups in total. The van der Waals surface area contributed by atoms with E-state index in [1.165, 1.54) is 25.3 Å². The monoisotopic (exact) mass is 263 g/mol. The molecular weight excluding hydrogens is 251 g/mol. The zero-order valence-electron chi connectivity index (χ0n) is 9.49. The lowest BCUT2D eigenvalue weighted by atomic mass is 10.1. The van der Waals surface area contributed by atoms with Crippen molar-refractivity contribution in [3.05, 3.63) is 29.8 Å². The molecule has 0 saturated heterocycles. The minimum absolute atomic E-state index is 0.150. The van der Waals surface area contributed by atoms with Crippen molar-refractivity contribution < 1.29 is 27.8 Å². The van der Waals surface area contributed by atoms with Gasteiger partial charge in [0.15, 0.2) is 0 Å². The molecule has 1 aromatic rings. The Morgan fingerprint density at radius 3 is 2.56 bits per heavy atom. The van der Waals surface area contributed by atoms with Crippen LogP contribution in [-0.2, 0) is 4.79 Å². The quantitative estimate of drug-likeness (QED) is 0.852. The lowest BCUT2D eigenvalue weighted by Crippen LogP contribution is -2.36.